The van der Waals surface area contributed by atoms with Gasteiger partial charge in [0.1, 0.15) is 0 Å². The first-order valence-corrected chi connectivity index (χ1v) is 10.0. The quantitative estimate of drug-likeness (QED) is 0.314. The first-order chi connectivity index (χ1) is 15.1. The highest BCUT2D eigenvalue weighted by atomic mass is 16.5. The first-order valence-electron chi connectivity index (χ1n) is 10.0. The van der Waals surface area contributed by atoms with Gasteiger partial charge in [-0.1, -0.05) is 66.7 Å². The third-order valence-electron chi connectivity index (χ3n) is 5.58. The van der Waals surface area contributed by atoms with E-state index in [-0.39, 0.29) is 12.4 Å². The van der Waals surface area contributed by atoms with Crippen LogP contribution in [-0.4, -0.2) is 27.9 Å². The van der Waals surface area contributed by atoms with Crippen molar-refractivity contribution in [3.05, 3.63) is 96.2 Å². The zero-order valence-electron chi connectivity index (χ0n) is 17.0. The van der Waals surface area contributed by atoms with E-state index >= 15 is 0 Å². The standard InChI is InChI=1S/C26H20N2O3/c1-28-22-14-8-6-12-19(22)24(25(28)17-9-3-2-4-10-17)23(29)16-31-26(30)20-15-27-21-13-7-5-11-18(20)21/h2-15,27H,16H2,1H3. The summed E-state index contributed by atoms with van der Waals surface area (Å²) in [7, 11) is 1.94. The monoisotopic (exact) mass is 408 g/mol. The van der Waals surface area contributed by atoms with E-state index in [0.717, 1.165) is 33.1 Å². The predicted molar refractivity (Wildman–Crippen MR) is 121 cm³/mol. The van der Waals surface area contributed by atoms with Crippen LogP contribution in [0.2, 0.25) is 0 Å². The number of carbonyl (C=O) groups excluding carboxylic acids is 2. The maximum absolute atomic E-state index is 13.3. The molecule has 5 aromatic rings. The van der Waals surface area contributed by atoms with E-state index in [1.165, 1.54) is 0 Å². The van der Waals surface area contributed by atoms with E-state index in [0.29, 0.717) is 11.1 Å². The van der Waals surface area contributed by atoms with Gasteiger partial charge in [-0.3, -0.25) is 4.79 Å². The summed E-state index contributed by atoms with van der Waals surface area (Å²) in [5.74, 6) is -0.754. The van der Waals surface area contributed by atoms with E-state index < -0.39 is 5.97 Å². The highest BCUT2D eigenvalue weighted by Gasteiger charge is 2.23. The molecule has 2 heterocycles. The molecule has 0 fully saturated rings. The third kappa shape index (κ3) is 3.20. The molecule has 0 spiro atoms. The van der Waals surface area contributed by atoms with Crippen molar-refractivity contribution in [1.29, 1.82) is 0 Å². The Morgan fingerprint density at radius 2 is 1.55 bits per heavy atom. The number of benzene rings is 3. The van der Waals surface area contributed by atoms with E-state index in [1.54, 1.807) is 6.20 Å². The lowest BCUT2D eigenvalue weighted by molar-refractivity contribution is 0.0477. The van der Waals surface area contributed by atoms with Gasteiger partial charge in [-0.25, -0.2) is 4.79 Å². The van der Waals surface area contributed by atoms with Crippen molar-refractivity contribution in [2.45, 2.75) is 0 Å². The van der Waals surface area contributed by atoms with Crippen molar-refractivity contribution >= 4 is 33.6 Å². The maximum atomic E-state index is 13.3. The van der Waals surface area contributed by atoms with Crippen LogP contribution in [0.4, 0.5) is 0 Å². The molecular weight excluding hydrogens is 388 g/mol. The molecule has 5 nitrogen and oxygen atoms in total. The minimum absolute atomic E-state index is 0.233. The molecule has 0 bridgehead atoms. The van der Waals surface area contributed by atoms with Crippen molar-refractivity contribution in [2.75, 3.05) is 6.61 Å². The Balaban J connectivity index is 1.49. The second-order valence-corrected chi connectivity index (χ2v) is 7.41. The Hall–Kier alpha value is -4.12. The van der Waals surface area contributed by atoms with Crippen LogP contribution in [0.5, 0.6) is 0 Å². The minimum Gasteiger partial charge on any atom is -0.454 e. The third-order valence-corrected chi connectivity index (χ3v) is 5.58. The number of esters is 1. The lowest BCUT2D eigenvalue weighted by atomic mass is 10.0. The van der Waals surface area contributed by atoms with E-state index in [9.17, 15) is 9.59 Å². The van der Waals surface area contributed by atoms with E-state index in [1.807, 2.05) is 90.5 Å². The maximum Gasteiger partial charge on any atom is 0.340 e. The Kier molecular flexibility index (Phi) is 4.64. The molecule has 1 N–H and O–H groups in total. The summed E-state index contributed by atoms with van der Waals surface area (Å²) in [5.41, 5.74) is 4.54. The summed E-state index contributed by atoms with van der Waals surface area (Å²) in [5, 5.41) is 1.62. The highest BCUT2D eigenvalue weighted by Crippen LogP contribution is 2.33. The van der Waals surface area contributed by atoms with Gasteiger partial charge in [0, 0.05) is 35.1 Å². The summed E-state index contributed by atoms with van der Waals surface area (Å²) in [6.07, 6.45) is 1.62. The van der Waals surface area contributed by atoms with Gasteiger partial charge in [0.15, 0.2) is 6.61 Å². The smallest absolute Gasteiger partial charge is 0.340 e. The van der Waals surface area contributed by atoms with Gasteiger partial charge in [0.2, 0.25) is 5.78 Å². The lowest BCUT2D eigenvalue weighted by Gasteiger charge is -2.08. The van der Waals surface area contributed by atoms with Gasteiger partial charge in [-0.15, -0.1) is 0 Å². The Morgan fingerprint density at radius 3 is 2.35 bits per heavy atom. The van der Waals surface area contributed by atoms with E-state index in [4.69, 9.17) is 4.74 Å². The number of ether oxygens (including phenoxy) is 1. The molecule has 2 aromatic heterocycles. The average Bonchev–Trinajstić information content (AvgIpc) is 3.37. The van der Waals surface area contributed by atoms with Crippen LogP contribution in [0.15, 0.2) is 85.1 Å². The number of hydrogen-bond acceptors (Lipinski definition) is 3. The highest BCUT2D eigenvalue weighted by molar-refractivity contribution is 6.15. The number of hydrogen-bond donors (Lipinski definition) is 1. The second-order valence-electron chi connectivity index (χ2n) is 7.41. The Labute approximate surface area is 178 Å². The van der Waals surface area contributed by atoms with E-state index in [2.05, 4.69) is 4.98 Å². The zero-order chi connectivity index (χ0) is 21.4. The van der Waals surface area contributed by atoms with Gasteiger partial charge in [-0.2, -0.15) is 0 Å². The van der Waals surface area contributed by atoms with Crippen LogP contribution in [0.3, 0.4) is 0 Å². The molecule has 5 rings (SSSR count). The number of fused-ring (bicyclic) bond motifs is 2. The molecule has 0 amide bonds. The average molecular weight is 408 g/mol. The van der Waals surface area contributed by atoms with Crippen LogP contribution in [0.1, 0.15) is 20.7 Å². The molecule has 31 heavy (non-hydrogen) atoms. The summed E-state index contributed by atoms with van der Waals surface area (Å²) in [6, 6.07) is 25.0. The van der Waals surface area contributed by atoms with Crippen LogP contribution in [0, 0.1) is 0 Å². The molecule has 0 aliphatic heterocycles. The number of nitrogens with one attached hydrogen (secondary N) is 1. The van der Waals surface area contributed by atoms with Crippen LogP contribution in [-0.2, 0) is 11.8 Å². The fraction of sp³-hybridized carbons (Fsp3) is 0.0769. The van der Waals surface area contributed by atoms with Gasteiger partial charge < -0.3 is 14.3 Å². The normalized spacial score (nSPS) is 11.1. The van der Waals surface area contributed by atoms with Crippen LogP contribution < -0.4 is 0 Å². The van der Waals surface area contributed by atoms with Crippen LogP contribution in [0.25, 0.3) is 33.1 Å². The summed E-state index contributed by atoms with van der Waals surface area (Å²) in [4.78, 5) is 29.0. The fourth-order valence-corrected chi connectivity index (χ4v) is 4.13. The number of Topliss-reactive ketones (excluding diaryl/α,β-unsaturated/α-hetero) is 1. The van der Waals surface area contributed by atoms with Crippen LogP contribution >= 0.6 is 0 Å². The largest absolute Gasteiger partial charge is 0.454 e. The molecule has 0 radical (unpaired) electrons. The molecule has 0 aliphatic rings. The van der Waals surface area contributed by atoms with Gasteiger partial charge in [0.05, 0.1) is 16.8 Å². The minimum atomic E-state index is -0.521. The van der Waals surface area contributed by atoms with Crippen molar-refractivity contribution in [3.8, 4) is 11.3 Å². The molecule has 0 saturated heterocycles. The van der Waals surface area contributed by atoms with Crippen molar-refractivity contribution < 1.29 is 14.3 Å². The lowest BCUT2D eigenvalue weighted by Crippen LogP contribution is -2.15. The number of aromatic nitrogens is 2. The summed E-state index contributed by atoms with van der Waals surface area (Å²) in [6.45, 7) is -0.327. The van der Waals surface area contributed by atoms with Gasteiger partial charge in [0.25, 0.3) is 0 Å². The molecule has 3 aromatic carbocycles. The SMILES string of the molecule is Cn1c(-c2ccccc2)c(C(=O)COC(=O)c2c[nH]c3ccccc23)c2ccccc21. The fourth-order valence-electron chi connectivity index (χ4n) is 4.13. The van der Waals surface area contributed by atoms with Gasteiger partial charge >= 0.3 is 5.97 Å². The molecule has 0 aliphatic carbocycles. The molecular formula is C26H20N2O3. The van der Waals surface area contributed by atoms with Crippen molar-refractivity contribution in [1.82, 2.24) is 9.55 Å². The summed E-state index contributed by atoms with van der Waals surface area (Å²) < 4.78 is 7.46. The Morgan fingerprint density at radius 1 is 0.871 bits per heavy atom. The number of nitrogens with zero attached hydrogens (tertiary/aromatic N) is 1. The number of aromatic amines is 1. The molecule has 0 saturated carbocycles. The topological polar surface area (TPSA) is 64.1 Å². The first kappa shape index (κ1) is 18.9. The number of carbonyl (C=O) groups is 2. The number of rotatable bonds is 5. The summed E-state index contributed by atoms with van der Waals surface area (Å²) >= 11 is 0. The van der Waals surface area contributed by atoms with Crippen molar-refractivity contribution in [2.24, 2.45) is 7.05 Å². The van der Waals surface area contributed by atoms with Gasteiger partial charge in [-0.05, 0) is 17.7 Å². The molecule has 152 valence electrons. The number of aryl methyl sites for hydroxylation is 1. The number of para-hydroxylation sites is 2. The molecule has 0 unspecified atom stereocenters. The second kappa shape index (κ2) is 7.61. The molecule has 5 heteroatoms. The predicted octanol–water partition coefficient (Wildman–Crippen LogP) is 5.37. The zero-order valence-corrected chi connectivity index (χ0v) is 17.0. The number of ketones is 1. The molecule has 0 atom stereocenters. The van der Waals surface area contributed by atoms with Crippen molar-refractivity contribution in [3.63, 3.8) is 0 Å². The Bertz CT molecular complexity index is 1430. The number of H-pyrrole nitrogens is 1.